The first-order chi connectivity index (χ1) is 10.2. The van der Waals surface area contributed by atoms with Crippen molar-refractivity contribution in [1.82, 2.24) is 15.0 Å². The monoisotopic (exact) mass is 281 g/mol. The molecule has 0 fully saturated rings. The van der Waals surface area contributed by atoms with Crippen molar-refractivity contribution >= 4 is 22.8 Å². The van der Waals surface area contributed by atoms with E-state index in [9.17, 15) is 4.79 Å². The fourth-order valence-corrected chi connectivity index (χ4v) is 2.17. The smallest absolute Gasteiger partial charge is 0.252 e. The van der Waals surface area contributed by atoms with Gasteiger partial charge in [0.1, 0.15) is 11.6 Å². The van der Waals surface area contributed by atoms with Gasteiger partial charge in [-0.1, -0.05) is 12.1 Å². The molecule has 0 saturated heterocycles. The van der Waals surface area contributed by atoms with Gasteiger partial charge in [-0.2, -0.15) is 0 Å². The van der Waals surface area contributed by atoms with Gasteiger partial charge in [0.15, 0.2) is 0 Å². The number of hydrogen-bond donors (Lipinski definition) is 3. The number of hydrogen-bond acceptors (Lipinski definition) is 4. The molecule has 2 aromatic heterocycles. The summed E-state index contributed by atoms with van der Waals surface area (Å²) in [5.74, 6) is 0.899. The first-order valence-electron chi connectivity index (χ1n) is 6.66. The van der Waals surface area contributed by atoms with Crippen LogP contribution in [0.3, 0.4) is 0 Å². The number of nitrogens with one attached hydrogen (secondary N) is 2. The van der Waals surface area contributed by atoms with Crippen LogP contribution >= 0.6 is 0 Å². The van der Waals surface area contributed by atoms with Crippen LogP contribution in [-0.2, 0) is 6.42 Å². The number of carbonyl (C=O) groups excluding carboxylic acids is 1. The molecule has 6 nitrogen and oxygen atoms in total. The van der Waals surface area contributed by atoms with Crippen LogP contribution in [0, 0.1) is 0 Å². The summed E-state index contributed by atoms with van der Waals surface area (Å²) in [6.45, 7) is 0.608. The molecule has 0 radical (unpaired) electrons. The Morgan fingerprint density at radius 1 is 1.24 bits per heavy atom. The maximum absolute atomic E-state index is 11.3. The van der Waals surface area contributed by atoms with Crippen molar-refractivity contribution in [1.29, 1.82) is 0 Å². The number of amides is 1. The van der Waals surface area contributed by atoms with E-state index in [0.29, 0.717) is 24.3 Å². The van der Waals surface area contributed by atoms with Crippen molar-refractivity contribution in [2.75, 3.05) is 11.9 Å². The fourth-order valence-electron chi connectivity index (χ4n) is 2.17. The van der Waals surface area contributed by atoms with Crippen molar-refractivity contribution in [3.05, 3.63) is 54.0 Å². The van der Waals surface area contributed by atoms with Crippen molar-refractivity contribution in [2.45, 2.75) is 6.42 Å². The van der Waals surface area contributed by atoms with Crippen LogP contribution < -0.4 is 11.1 Å². The third-order valence-corrected chi connectivity index (χ3v) is 3.17. The third kappa shape index (κ3) is 2.84. The van der Waals surface area contributed by atoms with E-state index in [4.69, 9.17) is 5.73 Å². The van der Waals surface area contributed by atoms with E-state index in [1.54, 1.807) is 18.3 Å². The third-order valence-electron chi connectivity index (χ3n) is 3.17. The minimum atomic E-state index is -0.491. The maximum Gasteiger partial charge on any atom is 0.252 e. The van der Waals surface area contributed by atoms with E-state index in [1.807, 2.05) is 24.3 Å². The van der Waals surface area contributed by atoms with Crippen molar-refractivity contribution in [2.24, 2.45) is 5.73 Å². The number of carbonyl (C=O) groups is 1. The molecule has 106 valence electrons. The molecule has 0 bridgehead atoms. The summed E-state index contributed by atoms with van der Waals surface area (Å²) >= 11 is 0. The normalized spacial score (nSPS) is 10.7. The average Bonchev–Trinajstić information content (AvgIpc) is 2.90. The molecule has 6 heteroatoms. The molecule has 1 aromatic carbocycles. The van der Waals surface area contributed by atoms with Crippen LogP contribution in [-0.4, -0.2) is 27.4 Å². The molecule has 3 rings (SSSR count). The minimum absolute atomic E-state index is 0.391. The van der Waals surface area contributed by atoms with Gasteiger partial charge in [-0.25, -0.2) is 9.97 Å². The van der Waals surface area contributed by atoms with Gasteiger partial charge in [-0.3, -0.25) is 4.79 Å². The lowest BCUT2D eigenvalue weighted by Gasteiger charge is -2.07. The van der Waals surface area contributed by atoms with E-state index in [-0.39, 0.29) is 0 Å². The van der Waals surface area contributed by atoms with E-state index in [0.717, 1.165) is 16.9 Å². The van der Waals surface area contributed by atoms with E-state index >= 15 is 0 Å². The molecule has 2 heterocycles. The number of fused-ring (bicyclic) bond motifs is 1. The molecule has 1 amide bonds. The van der Waals surface area contributed by atoms with Crippen LogP contribution in [0.15, 0.2) is 42.6 Å². The highest BCUT2D eigenvalue weighted by Crippen LogP contribution is 2.12. The van der Waals surface area contributed by atoms with Gasteiger partial charge in [-0.15, -0.1) is 0 Å². The Balaban J connectivity index is 1.67. The summed E-state index contributed by atoms with van der Waals surface area (Å²) in [7, 11) is 0. The van der Waals surface area contributed by atoms with Crippen LogP contribution in [0.25, 0.3) is 11.0 Å². The van der Waals surface area contributed by atoms with Gasteiger partial charge in [0, 0.05) is 19.2 Å². The topological polar surface area (TPSA) is 96.7 Å². The highest BCUT2D eigenvalue weighted by molar-refractivity contribution is 5.97. The molecule has 0 unspecified atom stereocenters. The number of nitrogens with two attached hydrogens (primary N) is 1. The number of imidazole rings is 1. The summed E-state index contributed by atoms with van der Waals surface area (Å²) in [4.78, 5) is 23.2. The number of aromatic nitrogens is 3. The number of nitrogens with zero attached hydrogens (tertiary/aromatic N) is 2. The maximum atomic E-state index is 11.3. The fraction of sp³-hybridized carbons (Fsp3) is 0.133. The lowest BCUT2D eigenvalue weighted by Crippen LogP contribution is -2.16. The summed E-state index contributed by atoms with van der Waals surface area (Å²) < 4.78 is 0. The van der Waals surface area contributed by atoms with Gasteiger partial charge >= 0.3 is 0 Å². The van der Waals surface area contributed by atoms with Gasteiger partial charge < -0.3 is 16.0 Å². The molecule has 0 aliphatic heterocycles. The summed E-state index contributed by atoms with van der Waals surface area (Å²) in [5.41, 5.74) is 7.67. The molecule has 0 aliphatic carbocycles. The molecule has 21 heavy (non-hydrogen) atoms. The number of rotatable bonds is 5. The SMILES string of the molecule is NC(=O)c1cccnc1NCCc1nc2ccccc2[nH]1. The van der Waals surface area contributed by atoms with Gasteiger partial charge in [-0.05, 0) is 24.3 Å². The van der Waals surface area contributed by atoms with Crippen LogP contribution in [0.4, 0.5) is 5.82 Å². The van der Waals surface area contributed by atoms with Gasteiger partial charge in [0.05, 0.1) is 16.6 Å². The number of pyridine rings is 1. The van der Waals surface area contributed by atoms with E-state index in [2.05, 4.69) is 20.3 Å². The Hall–Kier alpha value is -2.89. The van der Waals surface area contributed by atoms with Crippen LogP contribution in [0.5, 0.6) is 0 Å². The standard InChI is InChI=1S/C15H15N5O/c16-14(21)10-4-3-8-17-15(10)18-9-7-13-19-11-5-1-2-6-12(11)20-13/h1-6,8H,7,9H2,(H2,16,21)(H,17,18)(H,19,20). The number of H-pyrrole nitrogens is 1. The van der Waals surface area contributed by atoms with Crippen LogP contribution in [0.1, 0.15) is 16.2 Å². The highest BCUT2D eigenvalue weighted by Gasteiger charge is 2.08. The molecule has 4 N–H and O–H groups in total. The summed E-state index contributed by atoms with van der Waals surface area (Å²) in [6.07, 6.45) is 2.32. The number of benzene rings is 1. The number of para-hydroxylation sites is 2. The second-order valence-corrected chi connectivity index (χ2v) is 4.64. The zero-order chi connectivity index (χ0) is 14.7. The molecule has 0 atom stereocenters. The molecule has 0 aliphatic rings. The Bertz CT molecular complexity index is 747. The predicted molar refractivity (Wildman–Crippen MR) is 81.0 cm³/mol. The number of aromatic amines is 1. The zero-order valence-electron chi connectivity index (χ0n) is 11.3. The Kier molecular flexibility index (Phi) is 3.51. The number of anilines is 1. The first kappa shape index (κ1) is 13.1. The van der Waals surface area contributed by atoms with E-state index in [1.165, 1.54) is 0 Å². The Morgan fingerprint density at radius 2 is 2.10 bits per heavy atom. The quantitative estimate of drug-likeness (QED) is 0.663. The zero-order valence-corrected chi connectivity index (χ0v) is 11.3. The largest absolute Gasteiger partial charge is 0.369 e. The van der Waals surface area contributed by atoms with Gasteiger partial charge in [0.25, 0.3) is 5.91 Å². The number of primary amides is 1. The molecular weight excluding hydrogens is 266 g/mol. The molecule has 0 saturated carbocycles. The second-order valence-electron chi connectivity index (χ2n) is 4.64. The lowest BCUT2D eigenvalue weighted by atomic mass is 10.2. The highest BCUT2D eigenvalue weighted by atomic mass is 16.1. The summed E-state index contributed by atoms with van der Waals surface area (Å²) in [5, 5.41) is 3.12. The van der Waals surface area contributed by atoms with Gasteiger partial charge in [0.2, 0.25) is 0 Å². The first-order valence-corrected chi connectivity index (χ1v) is 6.66. The Morgan fingerprint density at radius 3 is 2.90 bits per heavy atom. The van der Waals surface area contributed by atoms with Crippen molar-refractivity contribution < 1.29 is 4.79 Å². The predicted octanol–water partition coefficient (Wildman–Crippen LogP) is 1.71. The molecule has 3 aromatic rings. The van der Waals surface area contributed by atoms with Crippen molar-refractivity contribution in [3.63, 3.8) is 0 Å². The average molecular weight is 281 g/mol. The van der Waals surface area contributed by atoms with Crippen molar-refractivity contribution in [3.8, 4) is 0 Å². The molecular formula is C15H15N5O. The van der Waals surface area contributed by atoms with Crippen LogP contribution in [0.2, 0.25) is 0 Å². The Labute approximate surface area is 121 Å². The minimum Gasteiger partial charge on any atom is -0.369 e. The molecule has 0 spiro atoms. The second kappa shape index (κ2) is 5.62. The summed E-state index contributed by atoms with van der Waals surface area (Å²) in [6, 6.07) is 11.2. The lowest BCUT2D eigenvalue weighted by molar-refractivity contribution is 0.100. The van der Waals surface area contributed by atoms with E-state index < -0.39 is 5.91 Å².